The smallest absolute Gasteiger partial charge is 0.257 e. The molecule has 3 N–H and O–H groups in total. The third-order valence-corrected chi connectivity index (χ3v) is 7.20. The van der Waals surface area contributed by atoms with Crippen LogP contribution in [0.4, 0.5) is 17.1 Å². The molecule has 1 fully saturated rings. The van der Waals surface area contributed by atoms with Crippen molar-refractivity contribution in [1.82, 2.24) is 0 Å². The van der Waals surface area contributed by atoms with E-state index in [-0.39, 0.29) is 10.6 Å². The van der Waals surface area contributed by atoms with E-state index in [9.17, 15) is 9.59 Å². The van der Waals surface area contributed by atoms with E-state index in [2.05, 4.69) is 16.0 Å². The average molecular weight is 558 g/mol. The lowest BCUT2D eigenvalue weighted by Crippen LogP contribution is -2.18. The summed E-state index contributed by atoms with van der Waals surface area (Å²) in [4.78, 5) is 25.8. The molecule has 0 radical (unpaired) electrons. The van der Waals surface area contributed by atoms with E-state index in [0.717, 1.165) is 5.69 Å². The normalized spacial score (nSPS) is 18.2. The van der Waals surface area contributed by atoms with Gasteiger partial charge in [-0.3, -0.25) is 9.59 Å². The fourth-order valence-electron chi connectivity index (χ4n) is 3.74. The first kappa shape index (κ1) is 25.0. The van der Waals surface area contributed by atoms with E-state index in [1.54, 1.807) is 43.4 Å². The summed E-state index contributed by atoms with van der Waals surface area (Å²) in [5.74, 6) is -2.03. The lowest BCUT2D eigenvalue weighted by molar-refractivity contribution is -0.117. The van der Waals surface area contributed by atoms with E-state index in [1.165, 1.54) is 12.1 Å². The zero-order chi connectivity index (χ0) is 24.6. The summed E-state index contributed by atoms with van der Waals surface area (Å²) in [7, 11) is 1.81. The molecule has 0 bridgehead atoms. The Morgan fingerprint density at radius 1 is 0.794 bits per heavy atom. The maximum absolute atomic E-state index is 13.0. The van der Waals surface area contributed by atoms with Crippen LogP contribution in [0.1, 0.15) is 21.8 Å². The fourth-order valence-corrected chi connectivity index (χ4v) is 5.31. The van der Waals surface area contributed by atoms with Gasteiger partial charge >= 0.3 is 0 Å². The molecule has 2 amide bonds. The molecule has 2 atom stereocenters. The fraction of sp³-hybridized carbons (Fsp3) is 0.167. The number of halogens is 5. The zero-order valence-corrected chi connectivity index (χ0v) is 21.4. The Morgan fingerprint density at radius 2 is 1.38 bits per heavy atom. The molecule has 10 heteroatoms. The minimum atomic E-state index is -1.32. The van der Waals surface area contributed by atoms with E-state index in [0.29, 0.717) is 27.0 Å². The van der Waals surface area contributed by atoms with Crippen LogP contribution in [0.25, 0.3) is 0 Å². The number of benzene rings is 3. The number of carbonyl (C=O) groups is 2. The van der Waals surface area contributed by atoms with Gasteiger partial charge in [-0.1, -0.05) is 34.8 Å². The Bertz CT molecular complexity index is 1240. The Hall–Kier alpha value is -2.15. The van der Waals surface area contributed by atoms with Crippen LogP contribution in [0.5, 0.6) is 0 Å². The van der Waals surface area contributed by atoms with Gasteiger partial charge in [0.1, 0.15) is 4.33 Å². The van der Waals surface area contributed by atoms with Gasteiger partial charge in [0.25, 0.3) is 5.91 Å². The molecule has 0 aliphatic heterocycles. The Kier molecular flexibility index (Phi) is 7.22. The van der Waals surface area contributed by atoms with Crippen LogP contribution in [-0.2, 0) is 4.79 Å². The number of anilines is 3. The highest BCUT2D eigenvalue weighted by molar-refractivity contribution is 6.53. The van der Waals surface area contributed by atoms with Gasteiger partial charge in [-0.05, 0) is 66.2 Å². The monoisotopic (exact) mass is 555 g/mol. The van der Waals surface area contributed by atoms with Gasteiger partial charge in [-0.2, -0.15) is 0 Å². The van der Waals surface area contributed by atoms with Gasteiger partial charge in [-0.15, -0.1) is 23.2 Å². The number of hydrogen-bond donors (Lipinski definition) is 3. The van der Waals surface area contributed by atoms with Crippen LogP contribution in [0.15, 0.2) is 60.7 Å². The molecular weight excluding hydrogens is 540 g/mol. The van der Waals surface area contributed by atoms with Crippen LogP contribution in [-0.4, -0.2) is 23.2 Å². The van der Waals surface area contributed by atoms with Crippen molar-refractivity contribution >= 4 is 86.9 Å². The summed E-state index contributed by atoms with van der Waals surface area (Å²) in [6.07, 6.45) is 0. The second-order valence-electron chi connectivity index (χ2n) is 7.80. The van der Waals surface area contributed by atoms with Crippen molar-refractivity contribution in [2.24, 2.45) is 5.92 Å². The molecule has 176 valence electrons. The predicted molar refractivity (Wildman–Crippen MR) is 141 cm³/mol. The summed E-state index contributed by atoms with van der Waals surface area (Å²) in [5, 5.41) is 9.65. The van der Waals surface area contributed by atoms with Crippen LogP contribution >= 0.6 is 58.0 Å². The molecule has 0 heterocycles. The summed E-state index contributed by atoms with van der Waals surface area (Å²) < 4.78 is -1.32. The van der Waals surface area contributed by atoms with Crippen molar-refractivity contribution in [3.8, 4) is 0 Å². The van der Waals surface area contributed by atoms with Gasteiger partial charge in [0.15, 0.2) is 0 Å². The number of carbonyl (C=O) groups excluding carboxylic acids is 2. The van der Waals surface area contributed by atoms with E-state index < -0.39 is 28.0 Å². The number of hydrogen-bond acceptors (Lipinski definition) is 3. The molecule has 5 nitrogen and oxygen atoms in total. The molecule has 2 unspecified atom stereocenters. The highest BCUT2D eigenvalue weighted by Crippen LogP contribution is 2.65. The first-order valence-corrected chi connectivity index (χ1v) is 12.0. The van der Waals surface area contributed by atoms with E-state index in [4.69, 9.17) is 58.0 Å². The second-order valence-corrected chi connectivity index (χ2v) is 10.5. The Morgan fingerprint density at radius 3 is 2.00 bits per heavy atom. The summed E-state index contributed by atoms with van der Waals surface area (Å²) >= 11 is 31.3. The lowest BCUT2D eigenvalue weighted by Gasteiger charge is -2.11. The molecule has 0 aromatic heterocycles. The number of alkyl halides is 2. The molecule has 3 aromatic carbocycles. The summed E-state index contributed by atoms with van der Waals surface area (Å²) in [6.45, 7) is 0. The number of nitrogens with one attached hydrogen (secondary N) is 3. The lowest BCUT2D eigenvalue weighted by atomic mass is 10.1. The molecule has 0 spiro atoms. The summed E-state index contributed by atoms with van der Waals surface area (Å²) in [5.41, 5.74) is 2.76. The highest BCUT2D eigenvalue weighted by atomic mass is 35.5. The van der Waals surface area contributed by atoms with Crippen LogP contribution < -0.4 is 16.0 Å². The van der Waals surface area contributed by atoms with Crippen molar-refractivity contribution in [3.63, 3.8) is 0 Å². The SMILES string of the molecule is CNc1ccc(NC(=O)c2cc(NC(=O)C3C(c4cc(Cl)cc(Cl)c4)C3(Cl)Cl)ccc2Cl)cc1. The minimum Gasteiger partial charge on any atom is -0.388 e. The predicted octanol–water partition coefficient (Wildman–Crippen LogP) is 7.47. The molecule has 34 heavy (non-hydrogen) atoms. The van der Waals surface area contributed by atoms with Gasteiger partial charge < -0.3 is 16.0 Å². The van der Waals surface area contributed by atoms with Crippen molar-refractivity contribution in [2.45, 2.75) is 10.3 Å². The maximum atomic E-state index is 13.0. The average Bonchev–Trinajstić information content (AvgIpc) is 3.37. The Labute approximate surface area is 221 Å². The van der Waals surface area contributed by atoms with Crippen molar-refractivity contribution in [2.75, 3.05) is 23.0 Å². The van der Waals surface area contributed by atoms with Gasteiger partial charge in [0.2, 0.25) is 5.91 Å². The van der Waals surface area contributed by atoms with E-state index >= 15 is 0 Å². The Balaban J connectivity index is 1.49. The molecular formula is C24H18Cl5N3O2. The first-order valence-electron chi connectivity index (χ1n) is 10.1. The summed E-state index contributed by atoms with van der Waals surface area (Å²) in [6, 6.07) is 16.8. The van der Waals surface area contributed by atoms with Gasteiger partial charge in [0, 0.05) is 40.1 Å². The molecule has 1 aliphatic rings. The molecule has 4 rings (SSSR count). The van der Waals surface area contributed by atoms with Crippen molar-refractivity contribution in [3.05, 3.63) is 86.9 Å². The van der Waals surface area contributed by atoms with Gasteiger partial charge in [-0.25, -0.2) is 0 Å². The largest absolute Gasteiger partial charge is 0.388 e. The van der Waals surface area contributed by atoms with Crippen molar-refractivity contribution in [1.29, 1.82) is 0 Å². The third-order valence-electron chi connectivity index (χ3n) is 5.49. The van der Waals surface area contributed by atoms with Crippen molar-refractivity contribution < 1.29 is 9.59 Å². The van der Waals surface area contributed by atoms with Crippen LogP contribution in [0.3, 0.4) is 0 Å². The number of rotatable bonds is 6. The third kappa shape index (κ3) is 5.24. The van der Waals surface area contributed by atoms with E-state index in [1.807, 2.05) is 12.1 Å². The van der Waals surface area contributed by atoms with Gasteiger partial charge in [0.05, 0.1) is 16.5 Å². The first-order chi connectivity index (χ1) is 16.1. The standard InChI is InChI=1S/C24H18Cl5N3O2/c1-30-15-2-4-16(5-3-15)31-22(33)18-11-17(6-7-19(18)27)32-23(34)21-20(24(21,28)29)12-8-13(25)10-14(26)9-12/h2-11,20-21,30H,1H3,(H,31,33)(H,32,34). The molecule has 0 saturated heterocycles. The van der Waals surface area contributed by atoms with Crippen LogP contribution in [0, 0.1) is 5.92 Å². The molecule has 3 aromatic rings. The quantitative estimate of drug-likeness (QED) is 0.276. The maximum Gasteiger partial charge on any atom is 0.257 e. The highest BCUT2D eigenvalue weighted by Gasteiger charge is 2.67. The minimum absolute atomic E-state index is 0.203. The topological polar surface area (TPSA) is 70.2 Å². The molecule has 1 aliphatic carbocycles. The zero-order valence-electron chi connectivity index (χ0n) is 17.6. The molecule has 1 saturated carbocycles. The second kappa shape index (κ2) is 9.84. The number of amides is 2. The van der Waals surface area contributed by atoms with Crippen LogP contribution in [0.2, 0.25) is 15.1 Å².